The molecule has 3 nitrogen and oxygen atoms in total. The zero-order valence-corrected chi connectivity index (χ0v) is 10.2. The van der Waals surface area contributed by atoms with Crippen LogP contribution < -0.4 is 10.5 Å². The van der Waals surface area contributed by atoms with Crippen LogP contribution in [0.25, 0.3) is 0 Å². The molecule has 0 aromatic heterocycles. The third kappa shape index (κ3) is 3.22. The van der Waals surface area contributed by atoms with Gasteiger partial charge in [0.25, 0.3) is 0 Å². The Balaban J connectivity index is 2.71. The maximum absolute atomic E-state index is 7.12. The fraction of sp³-hybridized carbons (Fsp3) is 0.222. The molecule has 0 saturated carbocycles. The first-order valence-electron chi connectivity index (χ1n) is 3.92. The van der Waals surface area contributed by atoms with Crippen LogP contribution in [0.3, 0.4) is 0 Å². The molecule has 0 bridgehead atoms. The van der Waals surface area contributed by atoms with Crippen molar-refractivity contribution >= 4 is 31.3 Å². The van der Waals surface area contributed by atoms with Crippen molar-refractivity contribution in [3.63, 3.8) is 0 Å². The van der Waals surface area contributed by atoms with Crippen LogP contribution in [0.5, 0.6) is 5.75 Å². The van der Waals surface area contributed by atoms with Crippen molar-refractivity contribution < 1.29 is 4.74 Å². The van der Waals surface area contributed by atoms with Crippen molar-refractivity contribution in [2.45, 2.75) is 5.32 Å². The van der Waals surface area contributed by atoms with E-state index in [1.807, 2.05) is 18.2 Å². The average molecular weight is 278 g/mol. The summed E-state index contributed by atoms with van der Waals surface area (Å²) in [7, 11) is 1.58. The van der Waals surface area contributed by atoms with Gasteiger partial charge < -0.3 is 0 Å². The Morgan fingerprint density at radius 2 is 2.36 bits per heavy atom. The van der Waals surface area contributed by atoms with E-state index in [0.29, 0.717) is 10.8 Å². The zero-order chi connectivity index (χ0) is 10.6. The molecule has 0 heterocycles. The molecule has 14 heavy (non-hydrogen) atoms. The van der Waals surface area contributed by atoms with Gasteiger partial charge in [-0.2, -0.15) is 0 Å². The van der Waals surface area contributed by atoms with E-state index in [0.717, 1.165) is 10.9 Å². The van der Waals surface area contributed by atoms with E-state index in [1.54, 1.807) is 7.11 Å². The molecule has 0 saturated heterocycles. The standard InChI is InChI=1S/C9H11ClN2OSe/c1-13-8-3-2-6(4-7(8)10)5-14-9(11)12/h2-4H,5H2,1H3,(H3,11,12). The Bertz CT molecular complexity index is 344. The van der Waals surface area contributed by atoms with E-state index < -0.39 is 0 Å². The first-order chi connectivity index (χ1) is 6.63. The van der Waals surface area contributed by atoms with Gasteiger partial charge >= 0.3 is 94.1 Å². The first kappa shape index (κ1) is 11.4. The molecule has 0 atom stereocenters. The molecule has 3 N–H and O–H groups in total. The van der Waals surface area contributed by atoms with E-state index in [9.17, 15) is 0 Å². The molecule has 0 spiro atoms. The van der Waals surface area contributed by atoms with Gasteiger partial charge in [0.2, 0.25) is 0 Å². The number of methoxy groups -OCH3 is 1. The molecule has 0 unspecified atom stereocenters. The molecule has 5 heteroatoms. The van der Waals surface area contributed by atoms with Gasteiger partial charge in [-0.25, -0.2) is 0 Å². The third-order valence-electron chi connectivity index (χ3n) is 1.61. The number of amidine groups is 1. The Morgan fingerprint density at radius 3 is 2.86 bits per heavy atom. The number of hydrogen-bond donors (Lipinski definition) is 2. The first-order valence-corrected chi connectivity index (χ1v) is 6.37. The summed E-state index contributed by atoms with van der Waals surface area (Å²) in [5, 5.41) is 8.52. The topological polar surface area (TPSA) is 59.1 Å². The summed E-state index contributed by atoms with van der Waals surface area (Å²) in [6, 6.07) is 5.62. The Hall–Kier alpha value is -0.701. The van der Waals surface area contributed by atoms with Crippen molar-refractivity contribution in [3.05, 3.63) is 28.8 Å². The summed E-state index contributed by atoms with van der Waals surface area (Å²) in [5.74, 6) is 0.672. The molecule has 76 valence electrons. The summed E-state index contributed by atoms with van der Waals surface area (Å²) in [6.07, 6.45) is 0. The molecule has 1 aromatic rings. The second-order valence-electron chi connectivity index (χ2n) is 2.62. The Labute approximate surface area is 94.2 Å². The molecule has 0 aliphatic heterocycles. The molecular weight excluding hydrogens is 267 g/mol. The van der Waals surface area contributed by atoms with Gasteiger partial charge in [0.1, 0.15) is 0 Å². The van der Waals surface area contributed by atoms with Gasteiger partial charge in [-0.1, -0.05) is 0 Å². The summed E-state index contributed by atoms with van der Waals surface area (Å²) in [5.41, 5.74) is 6.38. The van der Waals surface area contributed by atoms with Crippen molar-refractivity contribution in [3.8, 4) is 5.75 Å². The number of nitrogens with one attached hydrogen (secondary N) is 1. The monoisotopic (exact) mass is 278 g/mol. The van der Waals surface area contributed by atoms with Gasteiger partial charge in [0.05, 0.1) is 0 Å². The van der Waals surface area contributed by atoms with Crippen LogP contribution in [-0.4, -0.2) is 26.8 Å². The summed E-state index contributed by atoms with van der Waals surface area (Å²) >= 11 is 5.97. The van der Waals surface area contributed by atoms with E-state index in [-0.39, 0.29) is 19.7 Å². The molecular formula is C9H11ClN2OSe. The van der Waals surface area contributed by atoms with Crippen LogP contribution in [0.2, 0.25) is 5.02 Å². The van der Waals surface area contributed by atoms with Gasteiger partial charge in [-0.3, -0.25) is 0 Å². The van der Waals surface area contributed by atoms with Crippen LogP contribution in [-0.2, 0) is 5.32 Å². The number of nitrogens with two attached hydrogens (primary N) is 1. The van der Waals surface area contributed by atoms with Crippen molar-refractivity contribution in [2.24, 2.45) is 5.73 Å². The van der Waals surface area contributed by atoms with Crippen LogP contribution >= 0.6 is 11.6 Å². The normalized spacial score (nSPS) is 9.86. The van der Waals surface area contributed by atoms with E-state index in [4.69, 9.17) is 27.5 Å². The van der Waals surface area contributed by atoms with Gasteiger partial charge in [-0.15, -0.1) is 0 Å². The average Bonchev–Trinajstić information content (AvgIpc) is 2.15. The third-order valence-corrected chi connectivity index (χ3v) is 3.56. The van der Waals surface area contributed by atoms with Crippen LogP contribution in [0.15, 0.2) is 18.2 Å². The Morgan fingerprint density at radius 1 is 1.64 bits per heavy atom. The number of halogens is 1. The van der Waals surface area contributed by atoms with E-state index in [1.165, 1.54) is 0 Å². The SMILES string of the molecule is COc1ccc(C[Se]C(=N)N)cc1Cl. The molecule has 0 amide bonds. The number of rotatable bonds is 4. The molecule has 0 radical (unpaired) electrons. The molecule has 0 fully saturated rings. The summed E-state index contributed by atoms with van der Waals surface area (Å²) in [6.45, 7) is 0. The molecule has 0 aliphatic rings. The minimum atomic E-state index is 0.0257. The molecule has 0 aliphatic carbocycles. The second kappa shape index (κ2) is 5.25. The maximum atomic E-state index is 7.12. The van der Waals surface area contributed by atoms with E-state index in [2.05, 4.69) is 0 Å². The van der Waals surface area contributed by atoms with Crippen molar-refractivity contribution in [2.75, 3.05) is 7.11 Å². The van der Waals surface area contributed by atoms with Crippen LogP contribution in [0, 0.1) is 5.41 Å². The summed E-state index contributed by atoms with van der Waals surface area (Å²) in [4.78, 5) is 0. The predicted molar refractivity (Wildman–Crippen MR) is 59.4 cm³/mol. The summed E-state index contributed by atoms with van der Waals surface area (Å²) < 4.78 is 5.29. The Kier molecular flexibility index (Phi) is 4.26. The molecule has 1 rings (SSSR count). The quantitative estimate of drug-likeness (QED) is 0.497. The van der Waals surface area contributed by atoms with Crippen LogP contribution in [0.4, 0.5) is 0 Å². The van der Waals surface area contributed by atoms with Crippen molar-refractivity contribution in [1.29, 1.82) is 5.41 Å². The number of hydrogen-bond acceptors (Lipinski definition) is 2. The van der Waals surface area contributed by atoms with Crippen molar-refractivity contribution in [1.82, 2.24) is 0 Å². The fourth-order valence-electron chi connectivity index (χ4n) is 0.961. The number of benzene rings is 1. The predicted octanol–water partition coefficient (Wildman–Crippen LogP) is 1.45. The minimum absolute atomic E-state index is 0.0257. The van der Waals surface area contributed by atoms with E-state index >= 15 is 0 Å². The fourth-order valence-corrected chi connectivity index (χ4v) is 2.29. The molecule has 1 aromatic carbocycles. The van der Waals surface area contributed by atoms with Gasteiger partial charge in [-0.05, 0) is 0 Å². The zero-order valence-electron chi connectivity index (χ0n) is 7.71. The van der Waals surface area contributed by atoms with Crippen LogP contribution in [0.1, 0.15) is 5.56 Å². The second-order valence-corrected chi connectivity index (χ2v) is 5.16. The van der Waals surface area contributed by atoms with Gasteiger partial charge in [0, 0.05) is 0 Å². The number of ether oxygens (including phenoxy) is 1. The van der Waals surface area contributed by atoms with Gasteiger partial charge in [0.15, 0.2) is 0 Å².